The van der Waals surface area contributed by atoms with E-state index in [0.29, 0.717) is 12.5 Å². The predicted molar refractivity (Wildman–Crippen MR) is 51.1 cm³/mol. The van der Waals surface area contributed by atoms with Crippen LogP contribution in [0.5, 0.6) is 0 Å². The van der Waals surface area contributed by atoms with Gasteiger partial charge in [0.15, 0.2) is 0 Å². The zero-order valence-corrected chi connectivity index (χ0v) is 8.51. The van der Waals surface area contributed by atoms with Gasteiger partial charge in [-0.15, -0.1) is 0 Å². The summed E-state index contributed by atoms with van der Waals surface area (Å²) in [4.78, 5) is 2.47. The molecule has 0 spiro atoms. The Morgan fingerprint density at radius 1 is 1.50 bits per heavy atom. The highest BCUT2D eigenvalue weighted by Gasteiger charge is 2.36. The van der Waals surface area contributed by atoms with Gasteiger partial charge >= 0.3 is 0 Å². The van der Waals surface area contributed by atoms with Crippen molar-refractivity contribution in [3.8, 4) is 0 Å². The minimum atomic E-state index is 0.196. The van der Waals surface area contributed by atoms with Crippen LogP contribution in [0.2, 0.25) is 0 Å². The van der Waals surface area contributed by atoms with Gasteiger partial charge in [-0.3, -0.25) is 4.90 Å². The monoisotopic (exact) mass is 171 g/mol. The third kappa shape index (κ3) is 1.64. The minimum Gasteiger partial charge on any atom is -0.396 e. The Morgan fingerprint density at radius 3 is 2.67 bits per heavy atom. The molecule has 0 aromatic carbocycles. The summed E-state index contributed by atoms with van der Waals surface area (Å²) >= 11 is 0. The summed E-state index contributed by atoms with van der Waals surface area (Å²) in [5.41, 5.74) is 0.196. The van der Waals surface area contributed by atoms with Gasteiger partial charge in [0.25, 0.3) is 0 Å². The Morgan fingerprint density at radius 2 is 2.17 bits per heavy atom. The Hall–Kier alpha value is -0.0800. The fourth-order valence-corrected chi connectivity index (χ4v) is 2.31. The molecule has 1 saturated heterocycles. The smallest absolute Gasteiger partial charge is 0.0476 e. The number of nitrogens with zero attached hydrogens (tertiary/aromatic N) is 1. The average Bonchev–Trinajstić information content (AvgIpc) is 2.03. The van der Waals surface area contributed by atoms with E-state index in [1.807, 2.05) is 0 Å². The molecule has 0 radical (unpaired) electrons. The summed E-state index contributed by atoms with van der Waals surface area (Å²) in [6, 6.07) is 0. The zero-order valence-electron chi connectivity index (χ0n) is 8.51. The van der Waals surface area contributed by atoms with Crippen LogP contribution in [0.1, 0.15) is 33.6 Å². The molecule has 1 aliphatic rings. The molecule has 1 N–H and O–H groups in total. The molecule has 0 bridgehead atoms. The second-order valence-electron chi connectivity index (χ2n) is 4.26. The normalized spacial score (nSPS) is 30.5. The van der Waals surface area contributed by atoms with Gasteiger partial charge in [-0.1, -0.05) is 6.92 Å². The van der Waals surface area contributed by atoms with Crippen molar-refractivity contribution in [1.82, 2.24) is 4.90 Å². The lowest BCUT2D eigenvalue weighted by molar-refractivity contribution is -0.000714. The van der Waals surface area contributed by atoms with Crippen molar-refractivity contribution in [2.45, 2.75) is 39.2 Å². The van der Waals surface area contributed by atoms with Gasteiger partial charge in [0, 0.05) is 12.1 Å². The summed E-state index contributed by atoms with van der Waals surface area (Å²) in [5.74, 6) is 0.464. The second-order valence-corrected chi connectivity index (χ2v) is 4.26. The van der Waals surface area contributed by atoms with Gasteiger partial charge < -0.3 is 5.11 Å². The van der Waals surface area contributed by atoms with Crippen molar-refractivity contribution < 1.29 is 5.11 Å². The first-order valence-corrected chi connectivity index (χ1v) is 4.98. The number of aliphatic hydroxyl groups is 1. The lowest BCUT2D eigenvalue weighted by atomic mass is 9.79. The number of rotatable bonds is 2. The van der Waals surface area contributed by atoms with E-state index in [2.05, 4.69) is 25.7 Å². The molecule has 0 aromatic rings. The van der Waals surface area contributed by atoms with E-state index in [9.17, 15) is 5.11 Å². The Bertz CT molecular complexity index is 131. The van der Waals surface area contributed by atoms with Gasteiger partial charge in [0.05, 0.1) is 0 Å². The van der Waals surface area contributed by atoms with Crippen molar-refractivity contribution in [3.05, 3.63) is 0 Å². The molecule has 1 unspecified atom stereocenters. The van der Waals surface area contributed by atoms with E-state index in [-0.39, 0.29) is 5.54 Å². The first-order valence-electron chi connectivity index (χ1n) is 4.98. The minimum absolute atomic E-state index is 0.196. The second kappa shape index (κ2) is 3.75. The highest BCUT2D eigenvalue weighted by Crippen LogP contribution is 2.32. The van der Waals surface area contributed by atoms with Crippen LogP contribution >= 0.6 is 0 Å². The molecule has 1 heterocycles. The van der Waals surface area contributed by atoms with Gasteiger partial charge in [-0.05, 0) is 45.7 Å². The number of hydrogen-bond donors (Lipinski definition) is 1. The van der Waals surface area contributed by atoms with Crippen molar-refractivity contribution >= 4 is 0 Å². The van der Waals surface area contributed by atoms with E-state index in [0.717, 1.165) is 6.54 Å². The lowest BCUT2D eigenvalue weighted by Gasteiger charge is -2.47. The molecule has 0 aromatic heterocycles. The first kappa shape index (κ1) is 10.0. The fraction of sp³-hybridized carbons (Fsp3) is 1.00. The Balaban J connectivity index is 2.67. The van der Waals surface area contributed by atoms with Crippen LogP contribution in [-0.2, 0) is 0 Å². The van der Waals surface area contributed by atoms with Gasteiger partial charge in [0.2, 0.25) is 0 Å². The molecule has 72 valence electrons. The standard InChI is InChI=1S/C10H21NO/c1-4-11-7-5-6-9(8-12)10(11,2)3/h9,12H,4-8H2,1-3H3. The van der Waals surface area contributed by atoms with E-state index >= 15 is 0 Å². The van der Waals surface area contributed by atoms with Crippen LogP contribution in [0.3, 0.4) is 0 Å². The molecular weight excluding hydrogens is 150 g/mol. The van der Waals surface area contributed by atoms with E-state index in [1.54, 1.807) is 0 Å². The maximum atomic E-state index is 9.21. The quantitative estimate of drug-likeness (QED) is 0.680. The van der Waals surface area contributed by atoms with Gasteiger partial charge in [0.1, 0.15) is 0 Å². The summed E-state index contributed by atoms with van der Waals surface area (Å²) < 4.78 is 0. The largest absolute Gasteiger partial charge is 0.396 e. The molecule has 1 aliphatic heterocycles. The first-order chi connectivity index (χ1) is 5.62. The maximum absolute atomic E-state index is 9.21. The maximum Gasteiger partial charge on any atom is 0.0476 e. The lowest BCUT2D eigenvalue weighted by Crippen LogP contribution is -2.54. The molecular formula is C10H21NO. The summed E-state index contributed by atoms with van der Waals surface area (Å²) in [7, 11) is 0. The zero-order chi connectivity index (χ0) is 9.19. The van der Waals surface area contributed by atoms with Gasteiger partial charge in [-0.2, -0.15) is 0 Å². The van der Waals surface area contributed by atoms with Crippen molar-refractivity contribution in [1.29, 1.82) is 0 Å². The van der Waals surface area contributed by atoms with E-state index in [1.165, 1.54) is 19.4 Å². The molecule has 2 heteroatoms. The highest BCUT2D eigenvalue weighted by atomic mass is 16.3. The van der Waals surface area contributed by atoms with Crippen LogP contribution in [0.25, 0.3) is 0 Å². The molecule has 0 amide bonds. The summed E-state index contributed by atoms with van der Waals surface area (Å²) in [6.07, 6.45) is 2.42. The van der Waals surface area contributed by atoms with Crippen LogP contribution in [-0.4, -0.2) is 35.2 Å². The number of hydrogen-bond acceptors (Lipinski definition) is 2. The Kier molecular flexibility index (Phi) is 3.13. The summed E-state index contributed by atoms with van der Waals surface area (Å²) in [6.45, 7) is 9.32. The van der Waals surface area contributed by atoms with Crippen molar-refractivity contribution in [2.75, 3.05) is 19.7 Å². The Labute approximate surface area is 75.6 Å². The molecule has 1 fully saturated rings. The van der Waals surface area contributed by atoms with Gasteiger partial charge in [-0.25, -0.2) is 0 Å². The van der Waals surface area contributed by atoms with E-state index < -0.39 is 0 Å². The number of piperidine rings is 1. The van der Waals surface area contributed by atoms with Crippen molar-refractivity contribution in [3.63, 3.8) is 0 Å². The molecule has 1 atom stereocenters. The predicted octanol–water partition coefficient (Wildman–Crippen LogP) is 1.49. The molecule has 0 aliphatic carbocycles. The van der Waals surface area contributed by atoms with E-state index in [4.69, 9.17) is 0 Å². The van der Waals surface area contributed by atoms with Crippen LogP contribution in [0.15, 0.2) is 0 Å². The fourth-order valence-electron chi connectivity index (χ4n) is 2.31. The third-order valence-electron chi connectivity index (χ3n) is 3.40. The molecule has 0 saturated carbocycles. The number of aliphatic hydroxyl groups excluding tert-OH is 1. The van der Waals surface area contributed by atoms with Crippen LogP contribution in [0.4, 0.5) is 0 Å². The summed E-state index contributed by atoms with van der Waals surface area (Å²) in [5, 5.41) is 9.21. The SMILES string of the molecule is CCN1CCCC(CO)C1(C)C. The highest BCUT2D eigenvalue weighted by molar-refractivity contribution is 4.91. The molecule has 12 heavy (non-hydrogen) atoms. The number of likely N-dealkylation sites (tertiary alicyclic amines) is 1. The molecule has 1 rings (SSSR count). The topological polar surface area (TPSA) is 23.5 Å². The third-order valence-corrected chi connectivity index (χ3v) is 3.40. The van der Waals surface area contributed by atoms with Crippen molar-refractivity contribution in [2.24, 2.45) is 5.92 Å². The molecule has 2 nitrogen and oxygen atoms in total. The average molecular weight is 171 g/mol. The van der Waals surface area contributed by atoms with Crippen LogP contribution in [0, 0.1) is 5.92 Å². The van der Waals surface area contributed by atoms with Crippen LogP contribution < -0.4 is 0 Å².